The minimum absolute atomic E-state index is 0.0965. The first-order valence-corrected chi connectivity index (χ1v) is 10.7. The zero-order chi connectivity index (χ0) is 23.2. The summed E-state index contributed by atoms with van der Waals surface area (Å²) in [4.78, 5) is 23.7. The molecule has 0 aromatic carbocycles. The summed E-state index contributed by atoms with van der Waals surface area (Å²) in [5.74, 6) is 0.898. The van der Waals surface area contributed by atoms with Crippen LogP contribution >= 0.6 is 0 Å². The van der Waals surface area contributed by atoms with Crippen LogP contribution in [0, 0.1) is 18.8 Å². The van der Waals surface area contributed by atoms with E-state index in [0.29, 0.717) is 29.8 Å². The highest BCUT2D eigenvalue weighted by molar-refractivity contribution is 5.96. The van der Waals surface area contributed by atoms with Gasteiger partial charge in [-0.1, -0.05) is 0 Å². The number of carbonyl (C=O) groups excluding carboxylic acids is 1. The zero-order valence-electron chi connectivity index (χ0n) is 17.9. The van der Waals surface area contributed by atoms with Gasteiger partial charge in [0.1, 0.15) is 6.61 Å². The molecule has 1 aliphatic heterocycles. The van der Waals surface area contributed by atoms with E-state index in [1.54, 1.807) is 28.0 Å². The molecule has 1 saturated heterocycles. The highest BCUT2D eigenvalue weighted by atomic mass is 19.4. The number of likely N-dealkylation sites (tertiary alicyclic amines) is 1. The third-order valence-corrected chi connectivity index (χ3v) is 6.23. The van der Waals surface area contributed by atoms with E-state index < -0.39 is 11.7 Å². The minimum Gasteiger partial charge on any atom is -0.475 e. The molecule has 2 aliphatic rings. The van der Waals surface area contributed by atoms with E-state index in [9.17, 15) is 18.0 Å². The fourth-order valence-corrected chi connectivity index (χ4v) is 4.36. The van der Waals surface area contributed by atoms with Crippen LogP contribution in [-0.4, -0.2) is 49.7 Å². The molecule has 1 amide bonds. The maximum atomic E-state index is 13.6. The van der Waals surface area contributed by atoms with E-state index in [4.69, 9.17) is 4.74 Å². The first-order chi connectivity index (χ1) is 15.8. The fourth-order valence-electron chi connectivity index (χ4n) is 4.36. The van der Waals surface area contributed by atoms with Crippen molar-refractivity contribution in [2.45, 2.75) is 32.0 Å². The summed E-state index contributed by atoms with van der Waals surface area (Å²) < 4.78 is 45.6. The molecule has 3 aromatic heterocycles. The molecule has 10 heteroatoms. The third-order valence-electron chi connectivity index (χ3n) is 6.23. The van der Waals surface area contributed by atoms with Crippen LogP contribution < -0.4 is 4.74 Å². The van der Waals surface area contributed by atoms with Gasteiger partial charge in [0.15, 0.2) is 5.69 Å². The van der Waals surface area contributed by atoms with Crippen molar-refractivity contribution in [1.29, 1.82) is 0 Å². The molecule has 3 aromatic rings. The first-order valence-electron chi connectivity index (χ1n) is 10.7. The normalized spacial score (nSPS) is 22.1. The summed E-state index contributed by atoms with van der Waals surface area (Å²) >= 11 is 0. The second-order valence-corrected chi connectivity index (χ2v) is 8.57. The Morgan fingerprint density at radius 3 is 2.73 bits per heavy atom. The van der Waals surface area contributed by atoms with Gasteiger partial charge in [-0.05, 0) is 55.9 Å². The lowest BCUT2D eigenvalue weighted by Crippen LogP contribution is -2.48. The van der Waals surface area contributed by atoms with E-state index in [2.05, 4.69) is 15.1 Å². The number of piperidine rings is 1. The summed E-state index contributed by atoms with van der Waals surface area (Å²) in [6.07, 6.45) is 1.53. The summed E-state index contributed by atoms with van der Waals surface area (Å²) in [5, 5.41) is 4.24. The van der Waals surface area contributed by atoms with Gasteiger partial charge in [0.25, 0.3) is 5.91 Å². The van der Waals surface area contributed by atoms with Crippen LogP contribution in [0.15, 0.2) is 48.9 Å². The van der Waals surface area contributed by atoms with Crippen LogP contribution in [0.3, 0.4) is 0 Å². The molecule has 0 radical (unpaired) electrons. The molecular formula is C23H22F3N5O2. The van der Waals surface area contributed by atoms with Crippen LogP contribution in [0.5, 0.6) is 5.88 Å². The lowest BCUT2D eigenvalue weighted by molar-refractivity contribution is -0.137. The number of aromatic nitrogens is 4. The van der Waals surface area contributed by atoms with E-state index in [1.165, 1.54) is 6.07 Å². The van der Waals surface area contributed by atoms with Crippen molar-refractivity contribution < 1.29 is 22.7 Å². The molecule has 4 heterocycles. The van der Waals surface area contributed by atoms with Crippen LogP contribution in [-0.2, 0) is 6.18 Å². The number of nitrogens with zero attached hydrogens (tertiary/aromatic N) is 5. The number of alkyl halides is 3. The summed E-state index contributed by atoms with van der Waals surface area (Å²) in [6.45, 7) is 2.58. The minimum atomic E-state index is -4.45. The van der Waals surface area contributed by atoms with Crippen molar-refractivity contribution in [1.82, 2.24) is 24.6 Å². The van der Waals surface area contributed by atoms with Crippen molar-refractivity contribution >= 4 is 5.91 Å². The Balaban J connectivity index is 1.36. The predicted octanol–water partition coefficient (Wildman–Crippen LogP) is 3.92. The fraction of sp³-hybridized carbons (Fsp3) is 0.391. The van der Waals surface area contributed by atoms with E-state index in [1.807, 2.05) is 19.1 Å². The molecule has 5 rings (SSSR count). The van der Waals surface area contributed by atoms with Crippen molar-refractivity contribution in [3.8, 4) is 11.6 Å². The van der Waals surface area contributed by atoms with Gasteiger partial charge in [0, 0.05) is 36.9 Å². The second kappa shape index (κ2) is 8.17. The number of amides is 1. The predicted molar refractivity (Wildman–Crippen MR) is 112 cm³/mol. The number of carbonyl (C=O) groups is 1. The van der Waals surface area contributed by atoms with Crippen LogP contribution in [0.1, 0.15) is 34.6 Å². The Bertz CT molecular complexity index is 1150. The van der Waals surface area contributed by atoms with Crippen molar-refractivity contribution in [2.24, 2.45) is 11.8 Å². The van der Waals surface area contributed by atoms with Gasteiger partial charge in [-0.25, -0.2) is 14.6 Å². The van der Waals surface area contributed by atoms with E-state index >= 15 is 0 Å². The Kier molecular flexibility index (Phi) is 5.30. The molecule has 1 unspecified atom stereocenters. The average Bonchev–Trinajstić information content (AvgIpc) is 3.34. The summed E-state index contributed by atoms with van der Waals surface area (Å²) in [7, 11) is 0. The Labute approximate surface area is 188 Å². The van der Waals surface area contributed by atoms with Crippen molar-refractivity contribution in [3.05, 3.63) is 65.9 Å². The molecule has 172 valence electrons. The van der Waals surface area contributed by atoms with Crippen molar-refractivity contribution in [3.63, 3.8) is 0 Å². The number of rotatable bonds is 5. The van der Waals surface area contributed by atoms with Crippen LogP contribution in [0.2, 0.25) is 0 Å². The van der Waals surface area contributed by atoms with Crippen molar-refractivity contribution in [2.75, 3.05) is 13.2 Å². The maximum absolute atomic E-state index is 13.6. The number of ether oxygens (including phenoxy) is 1. The van der Waals surface area contributed by atoms with Gasteiger partial charge in [-0.3, -0.25) is 4.79 Å². The summed E-state index contributed by atoms with van der Waals surface area (Å²) in [5.41, 5.74) is 0.798. The molecule has 0 N–H and O–H groups in total. The van der Waals surface area contributed by atoms with Gasteiger partial charge >= 0.3 is 6.18 Å². The highest BCUT2D eigenvalue weighted by Gasteiger charge is 2.48. The Morgan fingerprint density at radius 2 is 2.03 bits per heavy atom. The lowest BCUT2D eigenvalue weighted by Gasteiger charge is -2.35. The summed E-state index contributed by atoms with van der Waals surface area (Å²) in [6, 6.07) is 7.35. The number of fused-ring (bicyclic) bond motifs is 1. The lowest BCUT2D eigenvalue weighted by atomic mass is 10.0. The molecule has 3 atom stereocenters. The quantitative estimate of drug-likeness (QED) is 0.581. The number of hydrogen-bond donors (Lipinski definition) is 0. The van der Waals surface area contributed by atoms with E-state index in [0.717, 1.165) is 30.8 Å². The molecule has 7 nitrogen and oxygen atoms in total. The van der Waals surface area contributed by atoms with Gasteiger partial charge in [0.2, 0.25) is 5.88 Å². The second-order valence-electron chi connectivity index (χ2n) is 8.57. The smallest absolute Gasteiger partial charge is 0.417 e. The topological polar surface area (TPSA) is 73.1 Å². The maximum Gasteiger partial charge on any atom is 0.417 e. The van der Waals surface area contributed by atoms with E-state index in [-0.39, 0.29) is 24.4 Å². The number of halogens is 3. The van der Waals surface area contributed by atoms with Gasteiger partial charge < -0.3 is 9.64 Å². The molecule has 1 aliphatic carbocycles. The standard InChI is InChI=1S/C23H22F3N5O2/c1-14-3-5-19(31-8-2-7-28-31)21(29-14)22(32)30-12-16-9-15(16)10-18(30)13-33-20-6-4-17(11-27-20)23(24,25)26/h2-8,11,15-16,18H,9-10,12-13H2,1H3/t15-,16+,18?/m1/s1. The highest BCUT2D eigenvalue weighted by Crippen LogP contribution is 2.47. The molecule has 1 saturated carbocycles. The number of aryl methyl sites for hydroxylation is 1. The number of pyridine rings is 2. The molecule has 2 fully saturated rings. The molecule has 33 heavy (non-hydrogen) atoms. The first kappa shape index (κ1) is 21.4. The van der Waals surface area contributed by atoms with Gasteiger partial charge in [-0.2, -0.15) is 18.3 Å². The SMILES string of the molecule is Cc1ccc(-n2cccn2)c(C(=O)N2C[C@@H]3C[C@@H]3CC2COc2ccc(C(F)(F)F)cn2)n1. The molecular weight excluding hydrogens is 435 g/mol. The monoisotopic (exact) mass is 457 g/mol. The number of hydrogen-bond acceptors (Lipinski definition) is 5. The van der Waals surface area contributed by atoms with Gasteiger partial charge in [0.05, 0.1) is 17.3 Å². The zero-order valence-corrected chi connectivity index (χ0v) is 17.9. The Hall–Kier alpha value is -3.43. The van der Waals surface area contributed by atoms with Crippen LogP contribution in [0.4, 0.5) is 13.2 Å². The molecule has 0 bridgehead atoms. The Morgan fingerprint density at radius 1 is 1.18 bits per heavy atom. The van der Waals surface area contributed by atoms with Gasteiger partial charge in [-0.15, -0.1) is 0 Å². The molecule has 0 spiro atoms. The average molecular weight is 457 g/mol. The van der Waals surface area contributed by atoms with Crippen LogP contribution in [0.25, 0.3) is 5.69 Å². The third kappa shape index (κ3) is 4.42. The largest absolute Gasteiger partial charge is 0.475 e.